The van der Waals surface area contributed by atoms with Gasteiger partial charge in [-0.3, -0.25) is 14.7 Å². The van der Waals surface area contributed by atoms with E-state index in [4.69, 9.17) is 15.0 Å². The highest BCUT2D eigenvalue weighted by molar-refractivity contribution is 6.25. The minimum absolute atomic E-state index is 0.315. The first-order chi connectivity index (χ1) is 39.5. The van der Waals surface area contributed by atoms with Gasteiger partial charge in [0.05, 0.1) is 28.4 Å². The molecule has 0 radical (unpaired) electrons. The standard InChI is InChI=1S/C74H54N6/c1-74(2)64-36-16-12-35-58(64)60-49-62-63(50-65(60)74)72(79(70-41-21-24-46-76-70)67-38-18-14-33-56(67)52-28-8-4-9-29-52)59-44-43-54(78(69-40-20-23-45-75-69)66-37-17-13-32-55(66)51-26-6-3-7-27-51)48-61(59)73(62)80(71-42-22-25-47-77-71)68-39-19-15-34-57(68)53-30-10-5-11-31-53/h3-50H,1-2H3. The van der Waals surface area contributed by atoms with Crippen LogP contribution in [0.1, 0.15) is 25.0 Å². The van der Waals surface area contributed by atoms with Crippen molar-refractivity contribution in [3.05, 3.63) is 303 Å². The maximum absolute atomic E-state index is 5.29. The summed E-state index contributed by atoms with van der Waals surface area (Å²) in [5, 5.41) is 4.15. The number of nitrogens with zero attached hydrogens (tertiary/aromatic N) is 6. The van der Waals surface area contributed by atoms with E-state index in [0.717, 1.165) is 107 Å². The van der Waals surface area contributed by atoms with Crippen LogP contribution >= 0.6 is 0 Å². The third-order valence-electron chi connectivity index (χ3n) is 15.8. The smallest absolute Gasteiger partial charge is 0.137 e. The van der Waals surface area contributed by atoms with Gasteiger partial charge in [-0.1, -0.05) is 208 Å². The molecule has 0 amide bonds. The second-order valence-electron chi connectivity index (χ2n) is 20.8. The molecule has 0 saturated heterocycles. The highest BCUT2D eigenvalue weighted by atomic mass is 15.2. The summed E-state index contributed by atoms with van der Waals surface area (Å²) in [6.07, 6.45) is 5.68. The van der Waals surface area contributed by atoms with Crippen LogP contribution in [0.15, 0.2) is 292 Å². The van der Waals surface area contributed by atoms with Crippen molar-refractivity contribution in [2.45, 2.75) is 19.3 Å². The first-order valence-corrected chi connectivity index (χ1v) is 27.3. The predicted molar refractivity (Wildman–Crippen MR) is 333 cm³/mol. The molecular weight excluding hydrogens is 973 g/mol. The molecule has 3 heterocycles. The zero-order chi connectivity index (χ0) is 53.6. The van der Waals surface area contributed by atoms with Crippen LogP contribution in [0.3, 0.4) is 0 Å². The predicted octanol–water partition coefficient (Wildman–Crippen LogP) is 19.9. The second kappa shape index (κ2) is 20.2. The summed E-state index contributed by atoms with van der Waals surface area (Å²) < 4.78 is 0. The van der Waals surface area contributed by atoms with Crippen molar-refractivity contribution in [3.8, 4) is 44.5 Å². The van der Waals surface area contributed by atoms with E-state index in [1.54, 1.807) is 0 Å². The van der Waals surface area contributed by atoms with E-state index in [0.29, 0.717) is 0 Å². The summed E-state index contributed by atoms with van der Waals surface area (Å²) in [5.74, 6) is 2.36. The van der Waals surface area contributed by atoms with Gasteiger partial charge in [0.25, 0.3) is 0 Å². The Morgan fingerprint density at radius 3 is 1.12 bits per heavy atom. The molecule has 0 fully saturated rings. The molecule has 0 saturated carbocycles. The van der Waals surface area contributed by atoms with Crippen LogP contribution in [-0.4, -0.2) is 15.0 Å². The van der Waals surface area contributed by atoms with Crippen molar-refractivity contribution in [1.82, 2.24) is 15.0 Å². The summed E-state index contributed by atoms with van der Waals surface area (Å²) in [5.41, 5.74) is 17.2. The van der Waals surface area contributed by atoms with E-state index < -0.39 is 0 Å². The first kappa shape index (κ1) is 48.0. The van der Waals surface area contributed by atoms with Crippen LogP contribution in [0.4, 0.5) is 51.6 Å². The van der Waals surface area contributed by atoms with Gasteiger partial charge in [-0.15, -0.1) is 0 Å². The lowest BCUT2D eigenvalue weighted by Gasteiger charge is -2.34. The molecule has 1 aliphatic carbocycles. The van der Waals surface area contributed by atoms with Crippen molar-refractivity contribution in [1.29, 1.82) is 0 Å². The van der Waals surface area contributed by atoms with E-state index in [9.17, 15) is 0 Å². The quantitative estimate of drug-likeness (QED) is 0.0898. The Morgan fingerprint density at radius 2 is 0.650 bits per heavy atom. The minimum atomic E-state index is -0.315. The van der Waals surface area contributed by atoms with Crippen molar-refractivity contribution >= 4 is 73.1 Å². The lowest BCUT2D eigenvalue weighted by molar-refractivity contribution is 0.661. The average molecular weight is 1030 g/mol. The number of hydrogen-bond acceptors (Lipinski definition) is 6. The van der Waals surface area contributed by atoms with E-state index in [1.807, 2.05) is 36.8 Å². The number of para-hydroxylation sites is 3. The second-order valence-corrected chi connectivity index (χ2v) is 20.8. The summed E-state index contributed by atoms with van der Waals surface area (Å²) in [6.45, 7) is 4.74. The van der Waals surface area contributed by atoms with Gasteiger partial charge in [-0.2, -0.15) is 0 Å². The summed E-state index contributed by atoms with van der Waals surface area (Å²) in [4.78, 5) is 22.8. The molecule has 0 atom stereocenters. The highest BCUT2D eigenvalue weighted by Gasteiger charge is 2.38. The summed E-state index contributed by atoms with van der Waals surface area (Å²) in [7, 11) is 0. The molecule has 3 aromatic heterocycles. The Hall–Kier alpha value is -10.4. The van der Waals surface area contributed by atoms with Crippen LogP contribution in [0.25, 0.3) is 66.1 Å². The molecule has 0 spiro atoms. The Labute approximate surface area is 466 Å². The average Bonchev–Trinajstić information content (AvgIpc) is 3.43. The summed E-state index contributed by atoms with van der Waals surface area (Å²) >= 11 is 0. The number of benzene rings is 10. The van der Waals surface area contributed by atoms with Crippen LogP contribution < -0.4 is 14.7 Å². The number of rotatable bonds is 12. The maximum atomic E-state index is 5.29. The lowest BCUT2D eigenvalue weighted by Crippen LogP contribution is -2.18. The van der Waals surface area contributed by atoms with Crippen LogP contribution in [0, 0.1) is 0 Å². The lowest BCUT2D eigenvalue weighted by atomic mass is 9.81. The van der Waals surface area contributed by atoms with Crippen molar-refractivity contribution in [2.24, 2.45) is 0 Å². The van der Waals surface area contributed by atoms with Gasteiger partial charge < -0.3 is 0 Å². The Bertz CT molecular complexity index is 4380. The van der Waals surface area contributed by atoms with Crippen molar-refractivity contribution in [2.75, 3.05) is 14.7 Å². The SMILES string of the molecule is CC1(C)c2ccccc2-c2cc3c(N(c4ccccn4)c4ccccc4-c4ccccc4)c4cc(N(c5ccccn5)c5ccccc5-c5ccccc5)ccc4c(N(c4ccccn4)c4ccccc4-c4ccccc4)c3cc21. The Balaban J connectivity index is 1.19. The molecule has 13 aromatic rings. The fraction of sp³-hybridized carbons (Fsp3) is 0.0405. The van der Waals surface area contributed by atoms with Gasteiger partial charge in [-0.05, 0) is 118 Å². The van der Waals surface area contributed by atoms with Crippen LogP contribution in [0.2, 0.25) is 0 Å². The Morgan fingerprint density at radius 1 is 0.275 bits per heavy atom. The molecule has 6 nitrogen and oxygen atoms in total. The van der Waals surface area contributed by atoms with Gasteiger partial charge in [0.1, 0.15) is 17.5 Å². The molecule has 0 N–H and O–H groups in total. The maximum Gasteiger partial charge on any atom is 0.137 e. The van der Waals surface area contributed by atoms with Crippen LogP contribution in [0.5, 0.6) is 0 Å². The molecule has 380 valence electrons. The highest BCUT2D eigenvalue weighted by Crippen LogP contribution is 2.58. The molecule has 0 bridgehead atoms. The van der Waals surface area contributed by atoms with Crippen molar-refractivity contribution in [3.63, 3.8) is 0 Å². The summed E-state index contributed by atoms with van der Waals surface area (Å²) in [6, 6.07) is 97.7. The number of hydrogen-bond donors (Lipinski definition) is 0. The molecule has 0 aliphatic heterocycles. The van der Waals surface area contributed by atoms with E-state index in [2.05, 4.69) is 283 Å². The number of pyridine rings is 3. The molecular formula is C74H54N6. The normalized spacial score (nSPS) is 12.2. The number of aromatic nitrogens is 3. The molecule has 0 unspecified atom stereocenters. The fourth-order valence-corrected chi connectivity index (χ4v) is 12.1. The largest absolute Gasteiger partial charge is 0.294 e. The van der Waals surface area contributed by atoms with Gasteiger partial charge in [0.15, 0.2) is 0 Å². The van der Waals surface area contributed by atoms with Crippen molar-refractivity contribution < 1.29 is 0 Å². The molecule has 6 heteroatoms. The Kier molecular flexibility index (Phi) is 12.1. The van der Waals surface area contributed by atoms with E-state index in [-0.39, 0.29) is 5.41 Å². The molecule has 80 heavy (non-hydrogen) atoms. The monoisotopic (exact) mass is 1030 g/mol. The zero-order valence-electron chi connectivity index (χ0n) is 44.4. The number of anilines is 9. The molecule has 1 aliphatic rings. The van der Waals surface area contributed by atoms with E-state index >= 15 is 0 Å². The topological polar surface area (TPSA) is 48.4 Å². The third kappa shape index (κ3) is 8.25. The molecule has 10 aromatic carbocycles. The van der Waals surface area contributed by atoms with Gasteiger partial charge in [0, 0.05) is 67.9 Å². The third-order valence-corrected chi connectivity index (χ3v) is 15.8. The first-order valence-electron chi connectivity index (χ1n) is 27.3. The van der Waals surface area contributed by atoms with Gasteiger partial charge in [-0.25, -0.2) is 15.0 Å². The fourth-order valence-electron chi connectivity index (χ4n) is 12.1. The minimum Gasteiger partial charge on any atom is -0.294 e. The number of fused-ring (bicyclic) bond motifs is 5. The van der Waals surface area contributed by atoms with E-state index in [1.165, 1.54) is 22.3 Å². The zero-order valence-corrected chi connectivity index (χ0v) is 44.4. The van der Waals surface area contributed by atoms with Gasteiger partial charge >= 0.3 is 0 Å². The molecule has 14 rings (SSSR count). The van der Waals surface area contributed by atoms with Crippen LogP contribution in [-0.2, 0) is 5.41 Å². The van der Waals surface area contributed by atoms with Gasteiger partial charge in [0.2, 0.25) is 0 Å².